The highest BCUT2D eigenvalue weighted by Crippen LogP contribution is 2.38. The van der Waals surface area contributed by atoms with Gasteiger partial charge in [-0.2, -0.15) is 0 Å². The van der Waals surface area contributed by atoms with Crippen molar-refractivity contribution < 1.29 is 27.4 Å². The lowest BCUT2D eigenvalue weighted by Gasteiger charge is -2.12. The number of hydrogen-bond acceptors (Lipinski definition) is 8. The summed E-state index contributed by atoms with van der Waals surface area (Å²) in [5.41, 5.74) is 1.27. The number of nitrogens with one attached hydrogen (secondary N) is 2. The number of carbonyl (C=O) groups excluding carboxylic acids is 1. The number of hydrogen-bond donors (Lipinski definition) is 2. The predicted octanol–water partition coefficient (Wildman–Crippen LogP) is 3.66. The molecular formula is C22H25N3O6S2. The van der Waals surface area contributed by atoms with Crippen molar-refractivity contribution in [1.82, 2.24) is 9.71 Å². The van der Waals surface area contributed by atoms with Crippen LogP contribution < -0.4 is 24.2 Å². The fourth-order valence-electron chi connectivity index (χ4n) is 3.02. The Kier molecular flexibility index (Phi) is 7.57. The number of sulfonamides is 1. The number of aromatic nitrogens is 1. The van der Waals surface area contributed by atoms with Gasteiger partial charge >= 0.3 is 0 Å². The summed E-state index contributed by atoms with van der Waals surface area (Å²) in [6.45, 7) is 3.50. The maximum Gasteiger partial charge on any atom is 0.250 e. The number of fused-ring (bicyclic) bond motifs is 1. The van der Waals surface area contributed by atoms with Crippen LogP contribution in [0.1, 0.15) is 19.4 Å². The molecule has 0 aliphatic rings. The molecule has 2 aromatic carbocycles. The van der Waals surface area contributed by atoms with E-state index in [0.29, 0.717) is 38.2 Å². The third kappa shape index (κ3) is 5.81. The van der Waals surface area contributed by atoms with E-state index in [9.17, 15) is 13.2 Å². The zero-order valence-electron chi connectivity index (χ0n) is 18.8. The number of benzene rings is 2. The molecule has 0 saturated carbocycles. The third-order valence-corrected chi connectivity index (χ3v) is 7.00. The normalized spacial score (nSPS) is 11.8. The van der Waals surface area contributed by atoms with Crippen LogP contribution >= 0.6 is 11.3 Å². The van der Waals surface area contributed by atoms with E-state index in [-0.39, 0.29) is 10.9 Å². The number of amides is 1. The molecule has 2 N–H and O–H groups in total. The first-order valence-electron chi connectivity index (χ1n) is 9.89. The highest BCUT2D eigenvalue weighted by molar-refractivity contribution is 7.89. The average Bonchev–Trinajstić information content (AvgIpc) is 3.17. The van der Waals surface area contributed by atoms with Gasteiger partial charge in [-0.1, -0.05) is 11.3 Å². The Labute approximate surface area is 196 Å². The molecule has 0 unspecified atom stereocenters. The molecule has 3 rings (SSSR count). The number of methoxy groups -OCH3 is 3. The van der Waals surface area contributed by atoms with Gasteiger partial charge in [0.15, 0.2) is 16.6 Å². The van der Waals surface area contributed by atoms with Crippen molar-refractivity contribution in [3.05, 3.63) is 42.0 Å². The van der Waals surface area contributed by atoms with E-state index < -0.39 is 15.9 Å². The maximum absolute atomic E-state index is 12.4. The summed E-state index contributed by atoms with van der Waals surface area (Å²) in [6, 6.07) is 7.86. The molecule has 0 bridgehead atoms. The van der Waals surface area contributed by atoms with Crippen LogP contribution in [0.5, 0.6) is 17.2 Å². The molecular weight excluding hydrogens is 466 g/mol. The molecule has 9 nitrogen and oxygen atoms in total. The molecule has 0 aliphatic carbocycles. The van der Waals surface area contributed by atoms with Gasteiger partial charge in [0.1, 0.15) is 0 Å². The summed E-state index contributed by atoms with van der Waals surface area (Å²) >= 11 is 1.19. The molecule has 11 heteroatoms. The summed E-state index contributed by atoms with van der Waals surface area (Å²) in [5, 5.41) is 3.06. The Balaban J connectivity index is 1.78. The zero-order chi connectivity index (χ0) is 24.2. The molecule has 3 aromatic rings. The molecule has 1 aromatic heterocycles. The van der Waals surface area contributed by atoms with E-state index in [1.165, 1.54) is 44.8 Å². The van der Waals surface area contributed by atoms with Gasteiger partial charge in [-0.3, -0.25) is 10.1 Å². The molecule has 0 aliphatic heterocycles. The van der Waals surface area contributed by atoms with Crippen molar-refractivity contribution in [2.24, 2.45) is 0 Å². The topological polar surface area (TPSA) is 116 Å². The lowest BCUT2D eigenvalue weighted by Crippen LogP contribution is -2.30. The minimum atomic E-state index is -3.62. The van der Waals surface area contributed by atoms with Gasteiger partial charge in [-0.25, -0.2) is 18.1 Å². The van der Waals surface area contributed by atoms with Crippen LogP contribution in [0.2, 0.25) is 0 Å². The molecule has 0 saturated heterocycles. The van der Waals surface area contributed by atoms with Gasteiger partial charge in [-0.05, 0) is 55.8 Å². The molecule has 1 amide bonds. The number of thiazole rings is 1. The molecule has 1 heterocycles. The van der Waals surface area contributed by atoms with E-state index in [1.54, 1.807) is 44.2 Å². The Morgan fingerprint density at radius 1 is 1.06 bits per heavy atom. The minimum absolute atomic E-state index is 0.146. The minimum Gasteiger partial charge on any atom is -0.493 e. The van der Waals surface area contributed by atoms with Gasteiger partial charge in [0.2, 0.25) is 21.7 Å². The molecule has 0 spiro atoms. The molecule has 176 valence electrons. The summed E-state index contributed by atoms with van der Waals surface area (Å²) in [5.74, 6) is 1.01. The van der Waals surface area contributed by atoms with E-state index in [0.717, 1.165) is 0 Å². The van der Waals surface area contributed by atoms with Crippen molar-refractivity contribution in [2.45, 2.75) is 24.8 Å². The summed E-state index contributed by atoms with van der Waals surface area (Å²) in [7, 11) is 0.923. The Morgan fingerprint density at radius 3 is 2.30 bits per heavy atom. The van der Waals surface area contributed by atoms with Gasteiger partial charge in [0, 0.05) is 12.1 Å². The zero-order valence-corrected chi connectivity index (χ0v) is 20.5. The summed E-state index contributed by atoms with van der Waals surface area (Å²) in [6.07, 6.45) is 2.96. The second-order valence-corrected chi connectivity index (χ2v) is 9.95. The standard InChI is InChI=1S/C22H25N3O6S2/c1-13(2)25-33(27,28)15-7-8-16-19(12-15)32-22(23-16)24-20(26)9-6-14-10-17(29-3)21(31-5)18(11-14)30-4/h6-13,25H,1-5H3,(H,23,24,26). The quantitative estimate of drug-likeness (QED) is 0.439. The van der Waals surface area contributed by atoms with E-state index in [4.69, 9.17) is 14.2 Å². The van der Waals surface area contributed by atoms with Crippen LogP contribution in [-0.2, 0) is 14.8 Å². The van der Waals surface area contributed by atoms with E-state index in [1.807, 2.05) is 0 Å². The smallest absolute Gasteiger partial charge is 0.250 e. The highest BCUT2D eigenvalue weighted by Gasteiger charge is 2.17. The number of rotatable bonds is 9. The first kappa shape index (κ1) is 24.5. The van der Waals surface area contributed by atoms with Crippen LogP contribution in [0.25, 0.3) is 16.3 Å². The number of nitrogens with zero attached hydrogens (tertiary/aromatic N) is 1. The maximum atomic E-state index is 12.4. The lowest BCUT2D eigenvalue weighted by atomic mass is 10.1. The fourth-order valence-corrected chi connectivity index (χ4v) is 5.28. The van der Waals surface area contributed by atoms with Crippen LogP contribution in [0.15, 0.2) is 41.3 Å². The molecule has 0 fully saturated rings. The van der Waals surface area contributed by atoms with Gasteiger partial charge < -0.3 is 14.2 Å². The van der Waals surface area contributed by atoms with E-state index in [2.05, 4.69) is 15.0 Å². The SMILES string of the molecule is COc1cc(C=CC(=O)Nc2nc3ccc(S(=O)(=O)NC(C)C)cc3s2)cc(OC)c1OC. The van der Waals surface area contributed by atoms with Crippen LogP contribution in [0, 0.1) is 0 Å². The first-order valence-corrected chi connectivity index (χ1v) is 12.2. The van der Waals surface area contributed by atoms with Crippen molar-refractivity contribution >= 4 is 48.7 Å². The van der Waals surface area contributed by atoms with Gasteiger partial charge in [0.05, 0.1) is 36.4 Å². The van der Waals surface area contributed by atoms with E-state index >= 15 is 0 Å². The number of carbonyl (C=O) groups is 1. The highest BCUT2D eigenvalue weighted by atomic mass is 32.2. The molecule has 33 heavy (non-hydrogen) atoms. The van der Waals surface area contributed by atoms with Crippen molar-refractivity contribution in [1.29, 1.82) is 0 Å². The van der Waals surface area contributed by atoms with Crippen molar-refractivity contribution in [2.75, 3.05) is 26.6 Å². The average molecular weight is 492 g/mol. The Hall–Kier alpha value is -3.15. The second kappa shape index (κ2) is 10.2. The lowest BCUT2D eigenvalue weighted by molar-refractivity contribution is -0.111. The third-order valence-electron chi connectivity index (χ3n) is 4.41. The Morgan fingerprint density at radius 2 is 1.73 bits per heavy atom. The molecule has 0 radical (unpaired) electrons. The van der Waals surface area contributed by atoms with Crippen LogP contribution in [-0.4, -0.2) is 46.7 Å². The van der Waals surface area contributed by atoms with Crippen molar-refractivity contribution in [3.8, 4) is 17.2 Å². The number of ether oxygens (including phenoxy) is 3. The predicted molar refractivity (Wildman–Crippen MR) is 129 cm³/mol. The van der Waals surface area contributed by atoms with Gasteiger partial charge in [-0.15, -0.1) is 0 Å². The van der Waals surface area contributed by atoms with Gasteiger partial charge in [0.25, 0.3) is 0 Å². The number of anilines is 1. The van der Waals surface area contributed by atoms with Crippen molar-refractivity contribution in [3.63, 3.8) is 0 Å². The second-order valence-electron chi connectivity index (χ2n) is 7.21. The summed E-state index contributed by atoms with van der Waals surface area (Å²) < 4.78 is 43.9. The van der Waals surface area contributed by atoms with Crippen LogP contribution in [0.4, 0.5) is 5.13 Å². The molecule has 0 atom stereocenters. The fraction of sp³-hybridized carbons (Fsp3) is 0.273. The first-order chi connectivity index (χ1) is 15.7. The largest absolute Gasteiger partial charge is 0.493 e. The van der Waals surface area contributed by atoms with Crippen LogP contribution in [0.3, 0.4) is 0 Å². The summed E-state index contributed by atoms with van der Waals surface area (Å²) in [4.78, 5) is 16.9. The monoisotopic (exact) mass is 491 g/mol. The Bertz CT molecular complexity index is 1270.